The summed E-state index contributed by atoms with van der Waals surface area (Å²) in [5, 5.41) is 4.00. The SMILES string of the molecule is CCN(CC)c1ncnc2sc(C(=O)NCCc3ccc(OC)c(OC)c3)c(C)c12. The zero-order chi connectivity index (χ0) is 21.7. The minimum Gasteiger partial charge on any atom is -0.493 e. The first-order chi connectivity index (χ1) is 14.5. The maximum absolute atomic E-state index is 12.9. The van der Waals surface area contributed by atoms with E-state index in [0.29, 0.717) is 29.3 Å². The fourth-order valence-corrected chi connectivity index (χ4v) is 4.53. The van der Waals surface area contributed by atoms with Crippen molar-refractivity contribution >= 4 is 33.3 Å². The van der Waals surface area contributed by atoms with Crippen LogP contribution in [0.5, 0.6) is 11.5 Å². The Kier molecular flexibility index (Phi) is 7.10. The third-order valence-electron chi connectivity index (χ3n) is 5.12. The molecule has 0 aliphatic carbocycles. The summed E-state index contributed by atoms with van der Waals surface area (Å²) in [6.07, 6.45) is 2.27. The van der Waals surface area contributed by atoms with E-state index in [1.807, 2.05) is 25.1 Å². The Hall–Kier alpha value is -2.87. The van der Waals surface area contributed by atoms with Gasteiger partial charge < -0.3 is 19.7 Å². The van der Waals surface area contributed by atoms with E-state index in [1.165, 1.54) is 11.3 Å². The molecule has 8 heteroatoms. The molecule has 160 valence electrons. The van der Waals surface area contributed by atoms with E-state index in [-0.39, 0.29) is 5.91 Å². The zero-order valence-electron chi connectivity index (χ0n) is 18.1. The monoisotopic (exact) mass is 428 g/mol. The molecule has 0 saturated heterocycles. The van der Waals surface area contributed by atoms with E-state index in [0.717, 1.165) is 40.3 Å². The Balaban J connectivity index is 1.75. The van der Waals surface area contributed by atoms with Crippen molar-refractivity contribution in [3.05, 3.63) is 40.5 Å². The Bertz CT molecular complexity index is 1030. The minimum atomic E-state index is -0.0820. The van der Waals surface area contributed by atoms with Crippen molar-refractivity contribution in [2.45, 2.75) is 27.2 Å². The van der Waals surface area contributed by atoms with Crippen LogP contribution in [0.25, 0.3) is 10.2 Å². The molecule has 0 saturated carbocycles. The number of hydrogen-bond acceptors (Lipinski definition) is 7. The summed E-state index contributed by atoms with van der Waals surface area (Å²) in [4.78, 5) is 25.5. The summed E-state index contributed by atoms with van der Waals surface area (Å²) in [5.41, 5.74) is 2.00. The topological polar surface area (TPSA) is 76.6 Å². The van der Waals surface area contributed by atoms with Gasteiger partial charge in [0.25, 0.3) is 5.91 Å². The lowest BCUT2D eigenvalue weighted by Crippen LogP contribution is -2.25. The van der Waals surface area contributed by atoms with Gasteiger partial charge in [-0.15, -0.1) is 11.3 Å². The molecular formula is C22H28N4O3S. The number of thiophene rings is 1. The second kappa shape index (κ2) is 9.75. The van der Waals surface area contributed by atoms with Gasteiger partial charge >= 0.3 is 0 Å². The van der Waals surface area contributed by atoms with Crippen LogP contribution in [-0.2, 0) is 6.42 Å². The van der Waals surface area contributed by atoms with Crippen LogP contribution in [0.4, 0.5) is 5.82 Å². The lowest BCUT2D eigenvalue weighted by Gasteiger charge is -2.20. The molecule has 2 heterocycles. The summed E-state index contributed by atoms with van der Waals surface area (Å²) in [6, 6.07) is 5.78. The quantitative estimate of drug-likeness (QED) is 0.558. The number of carbonyl (C=O) groups excluding carboxylic acids is 1. The molecule has 0 fully saturated rings. The molecule has 3 aromatic rings. The summed E-state index contributed by atoms with van der Waals surface area (Å²) >= 11 is 1.42. The fraction of sp³-hybridized carbons (Fsp3) is 0.409. The normalized spacial score (nSPS) is 10.8. The minimum absolute atomic E-state index is 0.0820. The molecule has 1 amide bonds. The van der Waals surface area contributed by atoms with Crippen LogP contribution in [0.15, 0.2) is 24.5 Å². The molecule has 7 nitrogen and oxygen atoms in total. The van der Waals surface area contributed by atoms with Gasteiger partial charge in [0.1, 0.15) is 17.0 Å². The number of aryl methyl sites for hydroxylation is 1. The van der Waals surface area contributed by atoms with Gasteiger partial charge in [0.15, 0.2) is 11.5 Å². The summed E-state index contributed by atoms with van der Waals surface area (Å²) < 4.78 is 10.6. The van der Waals surface area contributed by atoms with E-state index >= 15 is 0 Å². The van der Waals surface area contributed by atoms with Crippen molar-refractivity contribution in [2.24, 2.45) is 0 Å². The van der Waals surface area contributed by atoms with Crippen molar-refractivity contribution < 1.29 is 14.3 Å². The molecule has 3 rings (SSSR count). The zero-order valence-corrected chi connectivity index (χ0v) is 18.9. The average Bonchev–Trinajstić information content (AvgIpc) is 3.11. The van der Waals surface area contributed by atoms with Crippen LogP contribution in [-0.4, -0.2) is 49.7 Å². The van der Waals surface area contributed by atoms with E-state index in [4.69, 9.17) is 9.47 Å². The number of nitrogens with zero attached hydrogens (tertiary/aromatic N) is 3. The van der Waals surface area contributed by atoms with Gasteiger partial charge in [-0.2, -0.15) is 0 Å². The van der Waals surface area contributed by atoms with E-state index in [9.17, 15) is 4.79 Å². The van der Waals surface area contributed by atoms with Gasteiger partial charge in [0, 0.05) is 19.6 Å². The molecule has 2 aromatic heterocycles. The summed E-state index contributed by atoms with van der Waals surface area (Å²) in [7, 11) is 3.23. The molecule has 0 spiro atoms. The largest absolute Gasteiger partial charge is 0.493 e. The second-order valence-corrected chi connectivity index (χ2v) is 7.80. The third kappa shape index (κ3) is 4.33. The predicted octanol–water partition coefficient (Wildman–Crippen LogP) is 3.84. The van der Waals surface area contributed by atoms with E-state index in [1.54, 1.807) is 20.5 Å². The van der Waals surface area contributed by atoms with Gasteiger partial charge in [-0.3, -0.25) is 4.79 Å². The number of amides is 1. The maximum atomic E-state index is 12.9. The number of anilines is 1. The van der Waals surface area contributed by atoms with Crippen molar-refractivity contribution in [2.75, 3.05) is 38.8 Å². The smallest absolute Gasteiger partial charge is 0.261 e. The Morgan fingerprint density at radius 1 is 1.13 bits per heavy atom. The Morgan fingerprint density at radius 3 is 2.53 bits per heavy atom. The first kappa shape index (κ1) is 21.8. The first-order valence-electron chi connectivity index (χ1n) is 10.0. The van der Waals surface area contributed by atoms with Gasteiger partial charge in [0.05, 0.1) is 24.5 Å². The second-order valence-electron chi connectivity index (χ2n) is 6.80. The number of carbonyl (C=O) groups is 1. The lowest BCUT2D eigenvalue weighted by atomic mass is 10.1. The molecule has 0 unspecified atom stereocenters. The summed E-state index contributed by atoms with van der Waals surface area (Å²) in [6.45, 7) is 8.40. The number of hydrogen-bond donors (Lipinski definition) is 1. The van der Waals surface area contributed by atoms with Crippen molar-refractivity contribution in [3.8, 4) is 11.5 Å². The average molecular weight is 429 g/mol. The van der Waals surface area contributed by atoms with Crippen molar-refractivity contribution in [3.63, 3.8) is 0 Å². The number of fused-ring (bicyclic) bond motifs is 1. The predicted molar refractivity (Wildman–Crippen MR) is 121 cm³/mol. The van der Waals surface area contributed by atoms with Gasteiger partial charge in [-0.25, -0.2) is 9.97 Å². The highest BCUT2D eigenvalue weighted by atomic mass is 32.1. The van der Waals surface area contributed by atoms with Gasteiger partial charge in [-0.05, 0) is 50.5 Å². The van der Waals surface area contributed by atoms with Crippen LogP contribution in [0.3, 0.4) is 0 Å². The lowest BCUT2D eigenvalue weighted by molar-refractivity contribution is 0.0957. The molecular weight excluding hydrogens is 400 g/mol. The number of nitrogens with one attached hydrogen (secondary N) is 1. The highest BCUT2D eigenvalue weighted by Gasteiger charge is 2.21. The molecule has 0 aliphatic rings. The molecule has 0 radical (unpaired) electrons. The molecule has 0 atom stereocenters. The van der Waals surface area contributed by atoms with Crippen LogP contribution >= 0.6 is 11.3 Å². The standard InChI is InChI=1S/C22H28N4O3S/c1-6-26(7-2)20-18-14(3)19(30-22(18)25-13-24-20)21(27)23-11-10-15-8-9-16(28-4)17(12-15)29-5/h8-9,12-13H,6-7,10-11H2,1-5H3,(H,23,27). The highest BCUT2D eigenvalue weighted by Crippen LogP contribution is 2.34. The number of rotatable bonds is 9. The number of ether oxygens (including phenoxy) is 2. The van der Waals surface area contributed by atoms with Crippen molar-refractivity contribution in [1.29, 1.82) is 0 Å². The Morgan fingerprint density at radius 2 is 1.87 bits per heavy atom. The third-order valence-corrected chi connectivity index (χ3v) is 6.32. The molecule has 0 aliphatic heterocycles. The highest BCUT2D eigenvalue weighted by molar-refractivity contribution is 7.20. The van der Waals surface area contributed by atoms with E-state index < -0.39 is 0 Å². The fourth-order valence-electron chi connectivity index (χ4n) is 3.47. The summed E-state index contributed by atoms with van der Waals surface area (Å²) in [5.74, 6) is 2.19. The number of benzene rings is 1. The van der Waals surface area contributed by atoms with Crippen LogP contribution in [0.1, 0.15) is 34.6 Å². The number of aromatic nitrogens is 2. The van der Waals surface area contributed by atoms with Crippen LogP contribution < -0.4 is 19.7 Å². The molecule has 1 N–H and O–H groups in total. The molecule has 30 heavy (non-hydrogen) atoms. The van der Waals surface area contributed by atoms with Crippen LogP contribution in [0, 0.1) is 6.92 Å². The maximum Gasteiger partial charge on any atom is 0.261 e. The van der Waals surface area contributed by atoms with Gasteiger partial charge in [-0.1, -0.05) is 6.07 Å². The van der Waals surface area contributed by atoms with Crippen molar-refractivity contribution in [1.82, 2.24) is 15.3 Å². The van der Waals surface area contributed by atoms with Crippen LogP contribution in [0.2, 0.25) is 0 Å². The molecule has 0 bridgehead atoms. The van der Waals surface area contributed by atoms with E-state index in [2.05, 4.69) is 34.0 Å². The molecule has 1 aromatic carbocycles. The first-order valence-corrected chi connectivity index (χ1v) is 10.8. The number of methoxy groups -OCH3 is 2. The van der Waals surface area contributed by atoms with Gasteiger partial charge in [0.2, 0.25) is 0 Å². The Labute approximate surface area is 181 Å².